The molecule has 1 heterocycles. The minimum atomic E-state index is 0. The first-order chi connectivity index (χ1) is 13.4. The molecule has 1 fully saturated rings. The van der Waals surface area contributed by atoms with Crippen LogP contribution in [0.5, 0.6) is 5.75 Å². The van der Waals surface area contributed by atoms with Gasteiger partial charge in [0.25, 0.3) is 0 Å². The Morgan fingerprint density at radius 2 is 1.72 bits per heavy atom. The van der Waals surface area contributed by atoms with Gasteiger partial charge in [0.1, 0.15) is 5.75 Å². The van der Waals surface area contributed by atoms with E-state index in [1.165, 1.54) is 18.4 Å². The Kier molecular flexibility index (Phi) is 11.3. The smallest absolute Gasteiger partial charge is 0.191 e. The van der Waals surface area contributed by atoms with Crippen LogP contribution in [0.15, 0.2) is 29.3 Å². The number of likely N-dealkylation sites (tertiary alicyclic amines) is 1. The zero-order valence-corrected chi connectivity index (χ0v) is 21.2. The fraction of sp³-hybridized carbons (Fsp3) is 0.682. The van der Waals surface area contributed by atoms with Gasteiger partial charge in [-0.05, 0) is 37.4 Å². The van der Waals surface area contributed by atoms with Crippen LogP contribution < -0.4 is 15.4 Å². The summed E-state index contributed by atoms with van der Waals surface area (Å²) < 4.78 is 11.3. The molecule has 1 aliphatic heterocycles. The number of nitrogens with zero attached hydrogens (tertiary/aromatic N) is 2. The van der Waals surface area contributed by atoms with Gasteiger partial charge in [-0.3, -0.25) is 9.89 Å². The van der Waals surface area contributed by atoms with Crippen molar-refractivity contribution in [2.45, 2.75) is 45.8 Å². The lowest BCUT2D eigenvalue weighted by atomic mass is 9.89. The van der Waals surface area contributed by atoms with Gasteiger partial charge >= 0.3 is 0 Å². The molecule has 1 saturated heterocycles. The zero-order valence-electron chi connectivity index (χ0n) is 18.8. The summed E-state index contributed by atoms with van der Waals surface area (Å²) >= 11 is 0. The van der Waals surface area contributed by atoms with Crippen molar-refractivity contribution in [2.24, 2.45) is 10.4 Å². The van der Waals surface area contributed by atoms with E-state index in [1.54, 1.807) is 14.2 Å². The van der Waals surface area contributed by atoms with Gasteiger partial charge in [-0.2, -0.15) is 0 Å². The molecular formula is C22H39IN4O2. The number of guanidine groups is 1. The molecule has 0 aromatic heterocycles. The van der Waals surface area contributed by atoms with E-state index in [2.05, 4.69) is 53.4 Å². The molecule has 29 heavy (non-hydrogen) atoms. The molecule has 7 heteroatoms. The molecular weight excluding hydrogens is 479 g/mol. The highest BCUT2D eigenvalue weighted by molar-refractivity contribution is 14.0. The van der Waals surface area contributed by atoms with Crippen molar-refractivity contribution in [3.63, 3.8) is 0 Å². The van der Waals surface area contributed by atoms with Crippen LogP contribution in [0.25, 0.3) is 0 Å². The second-order valence-corrected chi connectivity index (χ2v) is 8.43. The quantitative estimate of drug-likeness (QED) is 0.313. The summed E-state index contributed by atoms with van der Waals surface area (Å²) in [5.41, 5.74) is 1.29. The highest BCUT2D eigenvalue weighted by Gasteiger charge is 2.27. The molecule has 2 unspecified atom stereocenters. The van der Waals surface area contributed by atoms with E-state index in [4.69, 9.17) is 9.47 Å². The van der Waals surface area contributed by atoms with Gasteiger partial charge in [0.05, 0.1) is 19.3 Å². The maximum Gasteiger partial charge on any atom is 0.191 e. The number of nitrogens with one attached hydrogen (secondary N) is 2. The molecule has 2 rings (SSSR count). The highest BCUT2D eigenvalue weighted by atomic mass is 127. The lowest BCUT2D eigenvalue weighted by Gasteiger charge is -2.31. The third-order valence-electron chi connectivity index (χ3n) is 5.47. The highest BCUT2D eigenvalue weighted by Crippen LogP contribution is 2.31. The Balaban J connectivity index is 0.00000420. The van der Waals surface area contributed by atoms with E-state index in [9.17, 15) is 0 Å². The average Bonchev–Trinajstić information content (AvgIpc) is 3.20. The Bertz CT molecular complexity index is 627. The molecule has 1 aromatic rings. The fourth-order valence-corrected chi connectivity index (χ4v) is 3.78. The lowest BCUT2D eigenvalue weighted by Crippen LogP contribution is -2.47. The minimum Gasteiger partial charge on any atom is -0.496 e. The predicted molar refractivity (Wildman–Crippen MR) is 132 cm³/mol. The Morgan fingerprint density at radius 3 is 2.28 bits per heavy atom. The fourth-order valence-electron chi connectivity index (χ4n) is 3.78. The number of methoxy groups -OCH3 is 2. The number of ether oxygens (including phenoxy) is 2. The monoisotopic (exact) mass is 518 g/mol. The number of halogens is 1. The van der Waals surface area contributed by atoms with Crippen molar-refractivity contribution in [1.82, 2.24) is 15.5 Å². The average molecular weight is 518 g/mol. The summed E-state index contributed by atoms with van der Waals surface area (Å²) in [7, 11) is 5.31. The standard InChI is InChI=1S/C22H38N4O2.HI/c1-22(2,3)20(28-6)16-25-21(23-4)24-15-18(26-13-9-10-14-26)17-11-7-8-12-19(17)27-5;/h7-8,11-12,18,20H,9-10,13-16H2,1-6H3,(H2,23,24,25);1H. The lowest BCUT2D eigenvalue weighted by molar-refractivity contribution is 0.0205. The van der Waals surface area contributed by atoms with Gasteiger partial charge in [0, 0.05) is 32.8 Å². The summed E-state index contributed by atoms with van der Waals surface area (Å²) in [5.74, 6) is 1.74. The Morgan fingerprint density at radius 1 is 1.10 bits per heavy atom. The van der Waals surface area contributed by atoms with E-state index in [0.29, 0.717) is 6.54 Å². The number of aliphatic imine (C=N–C) groups is 1. The van der Waals surface area contributed by atoms with E-state index < -0.39 is 0 Å². The summed E-state index contributed by atoms with van der Waals surface area (Å²) in [6.45, 7) is 10.3. The van der Waals surface area contributed by atoms with Crippen LogP contribution in [0.2, 0.25) is 0 Å². The first-order valence-electron chi connectivity index (χ1n) is 10.2. The van der Waals surface area contributed by atoms with Crippen LogP contribution >= 0.6 is 24.0 Å². The van der Waals surface area contributed by atoms with Crippen LogP contribution in [0.4, 0.5) is 0 Å². The van der Waals surface area contributed by atoms with Crippen LogP contribution in [0, 0.1) is 5.41 Å². The molecule has 0 aliphatic carbocycles. The Hall–Kier alpha value is -1.06. The van der Waals surface area contributed by atoms with Crippen LogP contribution in [-0.4, -0.2) is 64.4 Å². The van der Waals surface area contributed by atoms with E-state index >= 15 is 0 Å². The molecule has 1 aliphatic rings. The summed E-state index contributed by atoms with van der Waals surface area (Å²) in [5, 5.41) is 6.93. The zero-order chi connectivity index (χ0) is 20.6. The van der Waals surface area contributed by atoms with Crippen molar-refractivity contribution in [3.8, 4) is 5.75 Å². The second-order valence-electron chi connectivity index (χ2n) is 8.43. The molecule has 166 valence electrons. The topological polar surface area (TPSA) is 58.1 Å². The molecule has 6 nitrogen and oxygen atoms in total. The minimum absolute atomic E-state index is 0. The summed E-state index contributed by atoms with van der Waals surface area (Å²) in [6.07, 6.45) is 2.61. The number of rotatable bonds is 8. The normalized spacial score (nSPS) is 17.4. The number of benzene rings is 1. The van der Waals surface area contributed by atoms with Gasteiger partial charge in [-0.1, -0.05) is 39.0 Å². The molecule has 2 atom stereocenters. The first kappa shape index (κ1) is 26.0. The van der Waals surface area contributed by atoms with Crippen LogP contribution in [0.1, 0.15) is 45.2 Å². The molecule has 0 spiro atoms. The van der Waals surface area contributed by atoms with Gasteiger partial charge in [0.2, 0.25) is 0 Å². The largest absolute Gasteiger partial charge is 0.496 e. The third kappa shape index (κ3) is 7.61. The van der Waals surface area contributed by atoms with Gasteiger partial charge in [-0.15, -0.1) is 24.0 Å². The maximum absolute atomic E-state index is 5.65. The number of para-hydroxylation sites is 1. The molecule has 0 amide bonds. The SMILES string of the molecule is CN=C(NCC(c1ccccc1OC)N1CCCC1)NCC(OC)C(C)(C)C.I. The summed E-state index contributed by atoms with van der Waals surface area (Å²) in [4.78, 5) is 6.93. The van der Waals surface area contributed by atoms with Crippen molar-refractivity contribution >= 4 is 29.9 Å². The van der Waals surface area contributed by atoms with E-state index in [0.717, 1.165) is 31.3 Å². The van der Waals surface area contributed by atoms with E-state index in [1.807, 2.05) is 19.2 Å². The first-order valence-corrected chi connectivity index (χ1v) is 10.2. The third-order valence-corrected chi connectivity index (χ3v) is 5.47. The predicted octanol–water partition coefficient (Wildman–Crippen LogP) is 3.68. The number of hydrogen-bond donors (Lipinski definition) is 2. The molecule has 0 bridgehead atoms. The van der Waals surface area contributed by atoms with Gasteiger partial charge in [-0.25, -0.2) is 0 Å². The van der Waals surface area contributed by atoms with Crippen LogP contribution in [0.3, 0.4) is 0 Å². The molecule has 0 radical (unpaired) electrons. The maximum atomic E-state index is 5.65. The Labute approximate surface area is 193 Å². The number of hydrogen-bond acceptors (Lipinski definition) is 4. The molecule has 2 N–H and O–H groups in total. The van der Waals surface area contributed by atoms with Gasteiger partial charge < -0.3 is 20.1 Å². The molecule has 0 saturated carbocycles. The second kappa shape index (κ2) is 12.6. The van der Waals surface area contributed by atoms with E-state index in [-0.39, 0.29) is 41.5 Å². The summed E-state index contributed by atoms with van der Waals surface area (Å²) in [6, 6.07) is 8.56. The molecule has 1 aromatic carbocycles. The van der Waals surface area contributed by atoms with Crippen LogP contribution in [-0.2, 0) is 4.74 Å². The van der Waals surface area contributed by atoms with Crippen molar-refractivity contribution in [3.05, 3.63) is 29.8 Å². The van der Waals surface area contributed by atoms with Crippen molar-refractivity contribution in [1.29, 1.82) is 0 Å². The van der Waals surface area contributed by atoms with Crippen molar-refractivity contribution in [2.75, 3.05) is 47.4 Å². The van der Waals surface area contributed by atoms with Gasteiger partial charge in [0.15, 0.2) is 5.96 Å². The van der Waals surface area contributed by atoms with Crippen molar-refractivity contribution < 1.29 is 9.47 Å².